The third-order valence-electron chi connectivity index (χ3n) is 3.27. The number of aliphatic hydroxyl groups is 1. The molecule has 0 spiro atoms. The summed E-state index contributed by atoms with van der Waals surface area (Å²) in [5.41, 5.74) is 1.23. The molecule has 2 rings (SSSR count). The van der Waals surface area contributed by atoms with Gasteiger partial charge >= 0.3 is 0 Å². The molecule has 1 aliphatic carbocycles. The number of aliphatic hydroxyl groups excluding tert-OH is 1. The molecule has 102 valence electrons. The maximum absolute atomic E-state index is 9.07. The molecule has 0 radical (unpaired) electrons. The van der Waals surface area contributed by atoms with Crippen molar-refractivity contribution >= 4 is 0 Å². The van der Waals surface area contributed by atoms with Crippen molar-refractivity contribution in [1.82, 2.24) is 5.32 Å². The Morgan fingerprint density at radius 2 is 2.11 bits per heavy atom. The summed E-state index contributed by atoms with van der Waals surface area (Å²) in [6, 6.07) is 8.44. The van der Waals surface area contributed by atoms with Gasteiger partial charge in [-0.1, -0.05) is 36.9 Å². The van der Waals surface area contributed by atoms with Crippen LogP contribution in [0.2, 0.25) is 0 Å². The van der Waals surface area contributed by atoms with Crippen molar-refractivity contribution < 1.29 is 9.84 Å². The lowest BCUT2D eigenvalue weighted by Crippen LogP contribution is -2.26. The van der Waals surface area contributed by atoms with Gasteiger partial charge in [-0.25, -0.2) is 0 Å². The molecule has 0 aliphatic heterocycles. The Kier molecular flexibility index (Phi) is 5.19. The molecule has 3 nitrogen and oxygen atoms in total. The fourth-order valence-electron chi connectivity index (χ4n) is 2.17. The minimum atomic E-state index is 0.240. The molecule has 0 saturated carbocycles. The summed E-state index contributed by atoms with van der Waals surface area (Å²) < 4.78 is 5.44. The molecule has 0 fully saturated rings. The smallest absolute Gasteiger partial charge is 0.119 e. The van der Waals surface area contributed by atoms with E-state index in [-0.39, 0.29) is 6.61 Å². The highest BCUT2D eigenvalue weighted by molar-refractivity contribution is 5.27. The molecule has 19 heavy (non-hydrogen) atoms. The number of hydrogen-bond acceptors (Lipinski definition) is 3. The predicted octanol–water partition coefficient (Wildman–Crippen LogP) is 2.28. The zero-order valence-corrected chi connectivity index (χ0v) is 11.1. The van der Waals surface area contributed by atoms with E-state index < -0.39 is 0 Å². The van der Waals surface area contributed by atoms with E-state index in [0.717, 1.165) is 18.7 Å². The monoisotopic (exact) mass is 259 g/mol. The molecule has 1 aliphatic rings. The normalized spacial score (nSPS) is 21.5. The van der Waals surface area contributed by atoms with Gasteiger partial charge in [0.25, 0.3) is 0 Å². The van der Waals surface area contributed by atoms with Gasteiger partial charge in [0.1, 0.15) is 12.4 Å². The van der Waals surface area contributed by atoms with Gasteiger partial charge in [-0.2, -0.15) is 0 Å². The van der Waals surface area contributed by atoms with Crippen molar-refractivity contribution in [3.63, 3.8) is 0 Å². The second-order valence-electron chi connectivity index (χ2n) is 4.79. The van der Waals surface area contributed by atoms with Crippen molar-refractivity contribution in [2.24, 2.45) is 5.92 Å². The van der Waals surface area contributed by atoms with Crippen LogP contribution in [-0.4, -0.2) is 24.4 Å². The molecule has 0 saturated heterocycles. The van der Waals surface area contributed by atoms with E-state index in [1.54, 1.807) is 6.08 Å². The summed E-state index contributed by atoms with van der Waals surface area (Å²) >= 11 is 0. The van der Waals surface area contributed by atoms with Crippen molar-refractivity contribution in [1.29, 1.82) is 0 Å². The fourth-order valence-corrected chi connectivity index (χ4v) is 2.17. The number of benzene rings is 1. The van der Waals surface area contributed by atoms with E-state index >= 15 is 0 Å². The van der Waals surface area contributed by atoms with Crippen LogP contribution in [0, 0.1) is 5.92 Å². The first kappa shape index (κ1) is 13.8. The van der Waals surface area contributed by atoms with Gasteiger partial charge in [0.05, 0.1) is 0 Å². The second kappa shape index (κ2) is 7.12. The number of rotatable bonds is 7. The Bertz CT molecular complexity index is 425. The maximum Gasteiger partial charge on any atom is 0.119 e. The van der Waals surface area contributed by atoms with E-state index in [0.29, 0.717) is 18.6 Å². The van der Waals surface area contributed by atoms with E-state index in [1.165, 1.54) is 5.56 Å². The fraction of sp³-hybridized carbons (Fsp3) is 0.375. The van der Waals surface area contributed by atoms with Crippen LogP contribution in [0.5, 0.6) is 5.75 Å². The molecule has 2 atom stereocenters. The standard InChI is InChI=1S/C16H21NO2/c1-2-9-19-16-7-4-13(5-8-16)11-17-15-6-3-14(10-15)12-18/h2-8,14-15,17-18H,1,9-12H2/t14-,15+/m0/s1. The van der Waals surface area contributed by atoms with Gasteiger partial charge in [-0.15, -0.1) is 0 Å². The molecule has 2 N–H and O–H groups in total. The summed E-state index contributed by atoms with van der Waals surface area (Å²) in [5, 5.41) is 12.5. The van der Waals surface area contributed by atoms with Crippen LogP contribution in [0.4, 0.5) is 0 Å². The van der Waals surface area contributed by atoms with Gasteiger partial charge in [0, 0.05) is 25.1 Å². The van der Waals surface area contributed by atoms with Crippen molar-refractivity contribution in [2.45, 2.75) is 19.0 Å². The zero-order chi connectivity index (χ0) is 13.5. The van der Waals surface area contributed by atoms with E-state index in [2.05, 4.69) is 36.2 Å². The first-order valence-electron chi connectivity index (χ1n) is 6.67. The first-order valence-corrected chi connectivity index (χ1v) is 6.67. The zero-order valence-electron chi connectivity index (χ0n) is 11.1. The Labute approximate surface area is 114 Å². The average Bonchev–Trinajstić information content (AvgIpc) is 2.92. The minimum absolute atomic E-state index is 0.240. The van der Waals surface area contributed by atoms with Gasteiger partial charge in [-0.3, -0.25) is 0 Å². The first-order chi connectivity index (χ1) is 9.31. The van der Waals surface area contributed by atoms with Crippen LogP contribution in [0.1, 0.15) is 12.0 Å². The summed E-state index contributed by atoms with van der Waals surface area (Å²) in [7, 11) is 0. The highest BCUT2D eigenvalue weighted by Crippen LogP contribution is 2.18. The molecule has 3 heteroatoms. The SMILES string of the molecule is C=CCOc1ccc(CN[C@@H]2C=C[C@H](CO)C2)cc1. The Balaban J connectivity index is 1.77. The van der Waals surface area contributed by atoms with Gasteiger partial charge < -0.3 is 15.2 Å². The third kappa shape index (κ3) is 4.23. The van der Waals surface area contributed by atoms with E-state index in [4.69, 9.17) is 9.84 Å². The highest BCUT2D eigenvalue weighted by Gasteiger charge is 2.17. The number of nitrogens with one attached hydrogen (secondary N) is 1. The Hall–Kier alpha value is -1.58. The van der Waals surface area contributed by atoms with Crippen LogP contribution < -0.4 is 10.1 Å². The van der Waals surface area contributed by atoms with Crippen LogP contribution in [-0.2, 0) is 6.54 Å². The maximum atomic E-state index is 9.07. The molecular formula is C16H21NO2. The summed E-state index contributed by atoms with van der Waals surface area (Å²) in [5.74, 6) is 1.18. The predicted molar refractivity (Wildman–Crippen MR) is 77.1 cm³/mol. The molecule has 0 aromatic heterocycles. The topological polar surface area (TPSA) is 41.5 Å². The lowest BCUT2D eigenvalue weighted by atomic mass is 10.1. The summed E-state index contributed by atoms with van der Waals surface area (Å²) in [4.78, 5) is 0. The largest absolute Gasteiger partial charge is 0.490 e. The average molecular weight is 259 g/mol. The lowest BCUT2D eigenvalue weighted by molar-refractivity contribution is 0.246. The third-order valence-corrected chi connectivity index (χ3v) is 3.27. The van der Waals surface area contributed by atoms with E-state index in [9.17, 15) is 0 Å². The number of hydrogen-bond donors (Lipinski definition) is 2. The number of ether oxygens (including phenoxy) is 1. The van der Waals surface area contributed by atoms with Gasteiger partial charge in [0.15, 0.2) is 0 Å². The van der Waals surface area contributed by atoms with Crippen molar-refractivity contribution in [3.8, 4) is 5.75 Å². The summed E-state index contributed by atoms with van der Waals surface area (Å²) in [6.45, 7) is 5.22. The molecule has 0 heterocycles. The van der Waals surface area contributed by atoms with Crippen LogP contribution in [0.15, 0.2) is 49.1 Å². The molecule has 1 aromatic carbocycles. The molecule has 1 aromatic rings. The molecular weight excluding hydrogens is 238 g/mol. The van der Waals surface area contributed by atoms with Crippen molar-refractivity contribution in [3.05, 3.63) is 54.6 Å². The van der Waals surface area contributed by atoms with Gasteiger partial charge in [0.2, 0.25) is 0 Å². The Morgan fingerprint density at radius 1 is 1.32 bits per heavy atom. The quantitative estimate of drug-likeness (QED) is 0.738. The second-order valence-corrected chi connectivity index (χ2v) is 4.79. The molecule has 0 unspecified atom stereocenters. The van der Waals surface area contributed by atoms with Gasteiger partial charge in [-0.05, 0) is 24.1 Å². The van der Waals surface area contributed by atoms with Crippen molar-refractivity contribution in [2.75, 3.05) is 13.2 Å². The molecule has 0 bridgehead atoms. The Morgan fingerprint density at radius 3 is 2.74 bits per heavy atom. The van der Waals surface area contributed by atoms with Crippen LogP contribution in [0.25, 0.3) is 0 Å². The van der Waals surface area contributed by atoms with E-state index in [1.807, 2.05) is 12.1 Å². The summed E-state index contributed by atoms with van der Waals surface area (Å²) in [6.07, 6.45) is 6.95. The molecule has 0 amide bonds. The minimum Gasteiger partial charge on any atom is -0.490 e. The van der Waals surface area contributed by atoms with Crippen LogP contribution >= 0.6 is 0 Å². The lowest BCUT2D eigenvalue weighted by Gasteiger charge is -2.13. The highest BCUT2D eigenvalue weighted by atomic mass is 16.5. The van der Waals surface area contributed by atoms with Crippen LogP contribution in [0.3, 0.4) is 0 Å².